The van der Waals surface area contributed by atoms with Crippen LogP contribution < -0.4 is 16.4 Å². The first-order valence-corrected chi connectivity index (χ1v) is 17.9. The van der Waals surface area contributed by atoms with Crippen molar-refractivity contribution in [2.45, 2.75) is 168 Å². The number of carboxylic acids is 4. The molecule has 0 bridgehead atoms. The number of rotatable bonds is 30. The summed E-state index contributed by atoms with van der Waals surface area (Å²) in [6.45, 7) is 3.57. The minimum atomic E-state index is -1.06. The van der Waals surface area contributed by atoms with Crippen LogP contribution in [0.5, 0.6) is 0 Å². The summed E-state index contributed by atoms with van der Waals surface area (Å²) in [4.78, 5) is 51.5. The Balaban J connectivity index is -0.000000834. The molecule has 0 aliphatic carbocycles. The average molecular weight is 676 g/mol. The number of carbonyl (C=O) groups excluding carboxylic acids is 1. The van der Waals surface area contributed by atoms with Crippen LogP contribution in [0.3, 0.4) is 0 Å². The van der Waals surface area contributed by atoms with Crippen molar-refractivity contribution in [3.8, 4) is 0 Å². The van der Waals surface area contributed by atoms with Crippen molar-refractivity contribution < 1.29 is 44.4 Å². The molecule has 278 valence electrons. The van der Waals surface area contributed by atoms with Gasteiger partial charge in [0.15, 0.2) is 0 Å². The number of carbonyl (C=O) groups is 5. The molecule has 0 spiro atoms. The predicted molar refractivity (Wildman–Crippen MR) is 186 cm³/mol. The smallest absolute Gasteiger partial charge is 0.322 e. The number of hydrogen-bond donors (Lipinski definition) is 7. The molecule has 0 heterocycles. The second-order valence-electron chi connectivity index (χ2n) is 12.6. The zero-order valence-electron chi connectivity index (χ0n) is 29.7. The van der Waals surface area contributed by atoms with Crippen molar-refractivity contribution in [2.24, 2.45) is 11.7 Å². The molecule has 12 nitrogen and oxygen atoms in total. The molecule has 8 N–H and O–H groups in total. The Kier molecular flexibility index (Phi) is 39.1. The van der Waals surface area contributed by atoms with Gasteiger partial charge in [-0.3, -0.25) is 24.0 Å². The number of nitrogens with one attached hydrogen (secondary N) is 2. The van der Waals surface area contributed by atoms with Gasteiger partial charge in [-0.05, 0) is 32.2 Å². The zero-order valence-corrected chi connectivity index (χ0v) is 29.7. The number of aliphatic carboxylic acids is 4. The highest BCUT2D eigenvalue weighted by Crippen LogP contribution is 2.15. The van der Waals surface area contributed by atoms with Crippen molar-refractivity contribution >= 4 is 29.8 Å². The van der Waals surface area contributed by atoms with E-state index in [0.29, 0.717) is 25.2 Å². The Bertz CT molecular complexity index is 745. The molecule has 12 heteroatoms. The van der Waals surface area contributed by atoms with E-state index in [-0.39, 0.29) is 13.1 Å². The SMILES string of the molecule is CC(C)C[C@H](N)C(=O)NCC(=O)O.CNCC(=O)O.O=C(O)CCCCCCCCCCCCCCCCCCCCCCC(=O)O. The quantitative estimate of drug-likeness (QED) is 0.0403. The summed E-state index contributed by atoms with van der Waals surface area (Å²) in [5.74, 6) is -3.30. The van der Waals surface area contributed by atoms with E-state index in [9.17, 15) is 24.0 Å². The van der Waals surface area contributed by atoms with Crippen molar-refractivity contribution in [1.82, 2.24) is 10.6 Å². The standard InChI is InChI=1S/C24H46O4.C8H16N2O3.C3H7NO2/c25-23(26)21-19-17-15-13-11-9-7-5-3-1-2-4-6-8-10-12-14-16-18-20-22-24(27)28;1-5(2)3-6(9)8(13)10-4-7(11)12;1-4-2-3(5)6/h1-22H2,(H,25,26)(H,27,28);5-6H,3-4,9H2,1-2H3,(H,10,13)(H,11,12);4H,2H2,1H3,(H,5,6)/t;6-;/m.0./s1. The molecule has 0 saturated carbocycles. The first-order chi connectivity index (χ1) is 22.3. The van der Waals surface area contributed by atoms with Crippen molar-refractivity contribution in [3.63, 3.8) is 0 Å². The average Bonchev–Trinajstić information content (AvgIpc) is 2.98. The van der Waals surface area contributed by atoms with E-state index in [4.69, 9.17) is 26.2 Å². The van der Waals surface area contributed by atoms with Gasteiger partial charge in [-0.1, -0.05) is 129 Å². The van der Waals surface area contributed by atoms with Gasteiger partial charge in [-0.25, -0.2) is 0 Å². The fourth-order valence-electron chi connectivity index (χ4n) is 4.79. The minimum Gasteiger partial charge on any atom is -0.481 e. The number of nitrogens with two attached hydrogens (primary N) is 1. The molecular weight excluding hydrogens is 606 g/mol. The Labute approximate surface area is 284 Å². The predicted octanol–water partition coefficient (Wildman–Crippen LogP) is 6.59. The molecule has 0 saturated heterocycles. The summed E-state index contributed by atoms with van der Waals surface area (Å²) in [5.41, 5.74) is 5.50. The first-order valence-electron chi connectivity index (χ1n) is 17.9. The molecule has 0 radical (unpaired) electrons. The van der Waals surface area contributed by atoms with Crippen LogP contribution in [0.4, 0.5) is 0 Å². The molecule has 1 amide bonds. The van der Waals surface area contributed by atoms with Gasteiger partial charge in [0.05, 0.1) is 12.6 Å². The third kappa shape index (κ3) is 50.3. The normalized spacial score (nSPS) is 11.1. The van der Waals surface area contributed by atoms with E-state index < -0.39 is 35.8 Å². The molecule has 47 heavy (non-hydrogen) atoms. The summed E-state index contributed by atoms with van der Waals surface area (Å²) in [7, 11) is 1.59. The molecule has 0 aromatic carbocycles. The fourth-order valence-corrected chi connectivity index (χ4v) is 4.79. The van der Waals surface area contributed by atoms with Gasteiger partial charge in [-0.2, -0.15) is 0 Å². The van der Waals surface area contributed by atoms with Gasteiger partial charge in [-0.15, -0.1) is 0 Å². The molecule has 0 rings (SSSR count). The second-order valence-corrected chi connectivity index (χ2v) is 12.6. The van der Waals surface area contributed by atoms with Crippen LogP contribution in [0.25, 0.3) is 0 Å². The monoisotopic (exact) mass is 676 g/mol. The number of likely N-dealkylation sites (N-methyl/N-ethyl adjacent to an activating group) is 1. The van der Waals surface area contributed by atoms with Gasteiger partial charge in [0.2, 0.25) is 5.91 Å². The molecular formula is C35H69N3O9. The molecule has 0 fully saturated rings. The topological polar surface area (TPSA) is 216 Å². The van der Waals surface area contributed by atoms with Crippen LogP contribution in [-0.2, 0) is 24.0 Å². The van der Waals surface area contributed by atoms with E-state index >= 15 is 0 Å². The summed E-state index contributed by atoms with van der Waals surface area (Å²) in [6.07, 6.45) is 26.3. The first kappa shape index (κ1) is 48.7. The lowest BCUT2D eigenvalue weighted by Crippen LogP contribution is -2.43. The van der Waals surface area contributed by atoms with Gasteiger partial charge < -0.3 is 36.8 Å². The Hall–Kier alpha value is -2.73. The lowest BCUT2D eigenvalue weighted by atomic mass is 10.0. The highest BCUT2D eigenvalue weighted by molar-refractivity contribution is 5.84. The van der Waals surface area contributed by atoms with E-state index in [2.05, 4.69) is 10.6 Å². The summed E-state index contributed by atoms with van der Waals surface area (Å²) >= 11 is 0. The Morgan fingerprint density at radius 2 is 0.766 bits per heavy atom. The molecule has 1 atom stereocenters. The lowest BCUT2D eigenvalue weighted by Gasteiger charge is -2.12. The van der Waals surface area contributed by atoms with Crippen LogP contribution in [0.1, 0.15) is 162 Å². The van der Waals surface area contributed by atoms with Crippen molar-refractivity contribution in [1.29, 1.82) is 0 Å². The maximum Gasteiger partial charge on any atom is 0.322 e. The van der Waals surface area contributed by atoms with Crippen LogP contribution in [0.15, 0.2) is 0 Å². The van der Waals surface area contributed by atoms with Gasteiger partial charge in [0.1, 0.15) is 6.54 Å². The third-order valence-electron chi connectivity index (χ3n) is 7.34. The molecule has 0 aromatic heterocycles. The largest absolute Gasteiger partial charge is 0.481 e. The number of hydrogen-bond acceptors (Lipinski definition) is 7. The number of unbranched alkanes of at least 4 members (excludes halogenated alkanes) is 19. The highest BCUT2D eigenvalue weighted by atomic mass is 16.4. The second kappa shape index (κ2) is 37.7. The number of amides is 1. The van der Waals surface area contributed by atoms with E-state index in [1.165, 1.54) is 103 Å². The molecule has 0 aromatic rings. The van der Waals surface area contributed by atoms with Gasteiger partial charge in [0.25, 0.3) is 0 Å². The molecule has 0 aliphatic heterocycles. The molecule has 0 aliphatic rings. The third-order valence-corrected chi connectivity index (χ3v) is 7.34. The molecule has 0 unspecified atom stereocenters. The summed E-state index contributed by atoms with van der Waals surface area (Å²) in [5, 5.41) is 38.0. The van der Waals surface area contributed by atoms with E-state index in [1.54, 1.807) is 7.05 Å². The summed E-state index contributed by atoms with van der Waals surface area (Å²) < 4.78 is 0. The van der Waals surface area contributed by atoms with Gasteiger partial charge in [0, 0.05) is 12.8 Å². The lowest BCUT2D eigenvalue weighted by molar-refractivity contribution is -0.138. The van der Waals surface area contributed by atoms with Gasteiger partial charge >= 0.3 is 23.9 Å². The van der Waals surface area contributed by atoms with Crippen molar-refractivity contribution in [2.75, 3.05) is 20.1 Å². The minimum absolute atomic E-state index is 0.0417. The maximum absolute atomic E-state index is 11.1. The maximum atomic E-state index is 11.1. The fraction of sp³-hybridized carbons (Fsp3) is 0.857. The Morgan fingerprint density at radius 3 is 0.957 bits per heavy atom. The van der Waals surface area contributed by atoms with Crippen molar-refractivity contribution in [3.05, 3.63) is 0 Å². The number of carboxylic acid groups (broad SMARTS) is 4. The van der Waals surface area contributed by atoms with E-state index in [0.717, 1.165) is 25.7 Å². The van der Waals surface area contributed by atoms with Crippen LogP contribution in [-0.4, -0.2) is 76.4 Å². The summed E-state index contributed by atoms with van der Waals surface area (Å²) in [6, 6.07) is -0.612. The van der Waals surface area contributed by atoms with Crippen LogP contribution in [0, 0.1) is 5.92 Å². The van der Waals surface area contributed by atoms with Crippen LogP contribution in [0.2, 0.25) is 0 Å². The Morgan fingerprint density at radius 1 is 0.489 bits per heavy atom. The van der Waals surface area contributed by atoms with E-state index in [1.807, 2.05) is 13.8 Å². The zero-order chi connectivity index (χ0) is 36.1. The van der Waals surface area contributed by atoms with Crippen LogP contribution >= 0.6 is 0 Å². The highest BCUT2D eigenvalue weighted by Gasteiger charge is 2.15.